The standard InChI is InChI=1S/C25H16F2I2O2S/c26-15-1-7-23-20(10-15)21-11-16(27)2-8-24(21)32(23)19-5-3-18(4-6-19)31-13-14-9-17(28)12-22(29)25(14)30/h1-12,30,32H,13H2. The van der Waals surface area contributed by atoms with E-state index in [0.29, 0.717) is 5.75 Å². The van der Waals surface area contributed by atoms with Gasteiger partial charge in [0.2, 0.25) is 0 Å². The number of benzene rings is 4. The number of thiol groups is 1. The van der Waals surface area contributed by atoms with Crippen molar-refractivity contribution >= 4 is 56.1 Å². The summed E-state index contributed by atoms with van der Waals surface area (Å²) >= 11 is 4.32. The molecule has 7 heteroatoms. The molecule has 0 aromatic heterocycles. The Hall–Kier alpha value is -1.85. The third kappa shape index (κ3) is 4.10. The molecule has 0 atom stereocenters. The van der Waals surface area contributed by atoms with E-state index in [2.05, 4.69) is 45.2 Å². The number of fused-ring (bicyclic) bond motifs is 3. The van der Waals surface area contributed by atoms with Crippen LogP contribution < -0.4 is 4.74 Å². The maximum Gasteiger partial charge on any atom is 0.135 e. The average Bonchev–Trinajstić information content (AvgIpc) is 3.08. The Kier molecular flexibility index (Phi) is 6.06. The molecule has 0 saturated carbocycles. The Labute approximate surface area is 214 Å². The van der Waals surface area contributed by atoms with E-state index in [-0.39, 0.29) is 24.0 Å². The minimum Gasteiger partial charge on any atom is -0.506 e. The molecule has 162 valence electrons. The van der Waals surface area contributed by atoms with E-state index in [4.69, 9.17) is 4.74 Å². The van der Waals surface area contributed by atoms with Crippen LogP contribution in [0.5, 0.6) is 11.5 Å². The van der Waals surface area contributed by atoms with Crippen LogP contribution in [0.2, 0.25) is 0 Å². The normalized spacial score (nSPS) is 13.1. The van der Waals surface area contributed by atoms with Crippen LogP contribution in [0.1, 0.15) is 5.56 Å². The second kappa shape index (κ2) is 8.83. The van der Waals surface area contributed by atoms with E-state index < -0.39 is 10.9 Å². The van der Waals surface area contributed by atoms with Crippen LogP contribution in [0.25, 0.3) is 11.1 Å². The molecule has 2 nitrogen and oxygen atoms in total. The van der Waals surface area contributed by atoms with Gasteiger partial charge in [0.15, 0.2) is 0 Å². The van der Waals surface area contributed by atoms with Crippen LogP contribution >= 0.6 is 56.1 Å². The first kappa shape index (κ1) is 22.0. The molecule has 1 heterocycles. The summed E-state index contributed by atoms with van der Waals surface area (Å²) in [6.07, 6.45) is 0. The van der Waals surface area contributed by atoms with Gasteiger partial charge < -0.3 is 9.84 Å². The molecule has 5 rings (SSSR count). The topological polar surface area (TPSA) is 29.5 Å². The minimum atomic E-state index is -0.907. The predicted molar refractivity (Wildman–Crippen MR) is 140 cm³/mol. The SMILES string of the molecule is Oc1c(I)cc(I)cc1COc1ccc([SH]2c3ccc(F)cc3-c3cc(F)ccc32)cc1. The zero-order chi connectivity index (χ0) is 22.4. The van der Waals surface area contributed by atoms with Crippen molar-refractivity contribution < 1.29 is 18.6 Å². The van der Waals surface area contributed by atoms with Gasteiger partial charge in [0.1, 0.15) is 29.7 Å². The van der Waals surface area contributed by atoms with Gasteiger partial charge in [-0.15, -0.1) is 0 Å². The number of halogens is 4. The van der Waals surface area contributed by atoms with Gasteiger partial charge in [-0.1, -0.05) is 0 Å². The van der Waals surface area contributed by atoms with E-state index in [0.717, 1.165) is 38.5 Å². The molecule has 0 saturated heterocycles. The summed E-state index contributed by atoms with van der Waals surface area (Å²) in [7, 11) is -0.907. The lowest BCUT2D eigenvalue weighted by Gasteiger charge is -2.19. The van der Waals surface area contributed by atoms with Gasteiger partial charge in [-0.25, -0.2) is 8.78 Å². The van der Waals surface area contributed by atoms with Gasteiger partial charge in [0.05, 0.1) is 3.57 Å². The Balaban J connectivity index is 1.44. The van der Waals surface area contributed by atoms with Gasteiger partial charge in [-0.05, 0) is 134 Å². The lowest BCUT2D eigenvalue weighted by atomic mass is 10.1. The summed E-state index contributed by atoms with van der Waals surface area (Å²) in [5, 5.41) is 10.3. The quantitative estimate of drug-likeness (QED) is 0.150. The number of phenolic OH excluding ortho intramolecular Hbond substituents is 1. The Morgan fingerprint density at radius 3 is 1.97 bits per heavy atom. The first-order valence-electron chi connectivity index (χ1n) is 9.70. The highest BCUT2D eigenvalue weighted by Gasteiger charge is 2.28. The van der Waals surface area contributed by atoms with Crippen LogP contribution in [-0.2, 0) is 6.61 Å². The minimum absolute atomic E-state index is 0.240. The van der Waals surface area contributed by atoms with Gasteiger partial charge in [0, 0.05) is 18.9 Å². The van der Waals surface area contributed by atoms with Crippen LogP contribution in [0.3, 0.4) is 0 Å². The van der Waals surface area contributed by atoms with Crippen molar-refractivity contribution in [1.29, 1.82) is 0 Å². The third-order valence-corrected chi connectivity index (χ3v) is 9.29. The number of hydrogen-bond donors (Lipinski definition) is 2. The molecule has 4 aromatic rings. The molecular formula is C25H16F2I2O2S. The molecule has 0 spiro atoms. The molecule has 0 bridgehead atoms. The Bertz CT molecular complexity index is 1290. The molecule has 0 amide bonds. The fraction of sp³-hybridized carbons (Fsp3) is 0.0400. The highest BCUT2D eigenvalue weighted by Crippen LogP contribution is 2.62. The zero-order valence-corrected chi connectivity index (χ0v) is 21.7. The summed E-state index contributed by atoms with van der Waals surface area (Å²) in [5.41, 5.74) is 2.25. The van der Waals surface area contributed by atoms with Crippen molar-refractivity contribution in [3.63, 3.8) is 0 Å². The lowest BCUT2D eigenvalue weighted by molar-refractivity contribution is 0.298. The molecule has 1 N–H and O–H groups in total. The lowest BCUT2D eigenvalue weighted by Crippen LogP contribution is -1.98. The molecule has 32 heavy (non-hydrogen) atoms. The fourth-order valence-corrected chi connectivity index (χ4v) is 8.35. The van der Waals surface area contributed by atoms with Crippen LogP contribution in [0.4, 0.5) is 8.78 Å². The zero-order valence-electron chi connectivity index (χ0n) is 16.4. The summed E-state index contributed by atoms with van der Waals surface area (Å²) in [5.74, 6) is 0.278. The smallest absolute Gasteiger partial charge is 0.135 e. The molecule has 0 aliphatic carbocycles. The molecule has 0 fully saturated rings. The maximum absolute atomic E-state index is 13.9. The number of rotatable bonds is 4. The largest absolute Gasteiger partial charge is 0.506 e. The summed E-state index contributed by atoms with van der Waals surface area (Å²) in [6.45, 7) is 0.261. The van der Waals surface area contributed by atoms with Crippen molar-refractivity contribution in [3.8, 4) is 22.6 Å². The first-order valence-corrected chi connectivity index (χ1v) is 13.2. The van der Waals surface area contributed by atoms with E-state index in [1.165, 1.54) is 24.3 Å². The van der Waals surface area contributed by atoms with Gasteiger partial charge >= 0.3 is 0 Å². The summed E-state index contributed by atoms with van der Waals surface area (Å²) < 4.78 is 35.6. The van der Waals surface area contributed by atoms with E-state index in [1.54, 1.807) is 12.1 Å². The summed E-state index contributed by atoms with van der Waals surface area (Å²) in [4.78, 5) is 3.13. The van der Waals surface area contributed by atoms with E-state index in [1.807, 2.05) is 36.4 Å². The van der Waals surface area contributed by atoms with Crippen molar-refractivity contribution in [2.75, 3.05) is 0 Å². The molecule has 0 unspecified atom stereocenters. The van der Waals surface area contributed by atoms with Crippen LogP contribution in [0, 0.1) is 18.8 Å². The highest BCUT2D eigenvalue weighted by atomic mass is 127. The van der Waals surface area contributed by atoms with Crippen LogP contribution in [0.15, 0.2) is 87.5 Å². The van der Waals surface area contributed by atoms with Crippen LogP contribution in [-0.4, -0.2) is 5.11 Å². The number of ether oxygens (including phenoxy) is 1. The first-order chi connectivity index (χ1) is 15.4. The summed E-state index contributed by atoms with van der Waals surface area (Å²) in [6, 6.07) is 21.1. The molecule has 1 aliphatic heterocycles. The molecule has 1 aliphatic rings. The maximum atomic E-state index is 13.9. The molecule has 4 aromatic carbocycles. The fourth-order valence-electron chi connectivity index (χ4n) is 3.83. The van der Waals surface area contributed by atoms with Crippen molar-refractivity contribution in [2.45, 2.75) is 21.3 Å². The number of phenols is 1. The Morgan fingerprint density at radius 2 is 1.38 bits per heavy atom. The molecular weight excluding hydrogens is 656 g/mol. The molecule has 0 radical (unpaired) electrons. The van der Waals surface area contributed by atoms with E-state index in [9.17, 15) is 13.9 Å². The van der Waals surface area contributed by atoms with Crippen molar-refractivity contribution in [2.24, 2.45) is 0 Å². The van der Waals surface area contributed by atoms with Gasteiger partial charge in [-0.3, -0.25) is 0 Å². The second-order valence-electron chi connectivity index (χ2n) is 7.34. The van der Waals surface area contributed by atoms with Gasteiger partial charge in [0.25, 0.3) is 0 Å². The third-order valence-electron chi connectivity index (χ3n) is 5.29. The van der Waals surface area contributed by atoms with Crippen molar-refractivity contribution in [1.82, 2.24) is 0 Å². The average molecular weight is 672 g/mol. The van der Waals surface area contributed by atoms with E-state index >= 15 is 0 Å². The Morgan fingerprint density at radius 1 is 0.781 bits per heavy atom. The number of aromatic hydroxyl groups is 1. The predicted octanol–water partition coefficient (Wildman–Crippen LogP) is 7.92. The van der Waals surface area contributed by atoms with Crippen molar-refractivity contribution in [3.05, 3.63) is 97.1 Å². The second-order valence-corrected chi connectivity index (χ2v) is 11.9. The number of hydrogen-bond acceptors (Lipinski definition) is 2. The monoisotopic (exact) mass is 672 g/mol. The highest BCUT2D eigenvalue weighted by molar-refractivity contribution is 14.1. The van der Waals surface area contributed by atoms with Gasteiger partial charge in [-0.2, -0.15) is 10.9 Å².